The van der Waals surface area contributed by atoms with Crippen molar-refractivity contribution in [2.75, 3.05) is 43.0 Å². The molecule has 9 heteroatoms. The van der Waals surface area contributed by atoms with Crippen molar-refractivity contribution in [1.29, 1.82) is 0 Å². The van der Waals surface area contributed by atoms with E-state index in [1.807, 2.05) is 15.8 Å². The zero-order valence-electron chi connectivity index (χ0n) is 12.6. The topological polar surface area (TPSA) is 70.4 Å². The summed E-state index contributed by atoms with van der Waals surface area (Å²) in [5.41, 5.74) is 0.816. The number of amides is 2. The van der Waals surface area contributed by atoms with E-state index in [0.29, 0.717) is 25.6 Å². The van der Waals surface area contributed by atoms with E-state index in [1.54, 1.807) is 23.0 Å². The van der Waals surface area contributed by atoms with Gasteiger partial charge in [0.1, 0.15) is 0 Å². The van der Waals surface area contributed by atoms with Crippen LogP contribution in [0.25, 0.3) is 0 Å². The summed E-state index contributed by atoms with van der Waals surface area (Å²) < 4.78 is 14.7. The first-order valence-electron chi connectivity index (χ1n) is 7.41. The molecule has 2 aromatic rings. The van der Waals surface area contributed by atoms with Crippen molar-refractivity contribution < 1.29 is 9.18 Å². The zero-order valence-corrected chi connectivity index (χ0v) is 12.6. The van der Waals surface area contributed by atoms with Gasteiger partial charge < -0.3 is 9.80 Å². The number of urea groups is 1. The monoisotopic (exact) mass is 317 g/mol. The normalized spacial score (nSPS) is 18.7. The average Bonchev–Trinajstić information content (AvgIpc) is 3.08. The molecule has 2 fully saturated rings. The third-order valence-corrected chi connectivity index (χ3v) is 4.24. The number of halogens is 1. The SMILES string of the molecule is CN1CCN(c2cnn(C3CN(c4ncc(F)cn4)C3)c2)C1=O. The van der Waals surface area contributed by atoms with E-state index >= 15 is 0 Å². The van der Waals surface area contributed by atoms with Crippen LogP contribution in [0, 0.1) is 5.82 Å². The molecule has 0 spiro atoms. The van der Waals surface area contributed by atoms with Gasteiger partial charge in [-0.15, -0.1) is 0 Å². The van der Waals surface area contributed by atoms with E-state index in [4.69, 9.17) is 0 Å². The fraction of sp³-hybridized carbons (Fsp3) is 0.429. The molecule has 120 valence electrons. The first-order chi connectivity index (χ1) is 11.1. The number of rotatable bonds is 3. The minimum Gasteiger partial charge on any atom is -0.336 e. The molecule has 4 heterocycles. The summed E-state index contributed by atoms with van der Waals surface area (Å²) in [6.45, 7) is 2.82. The highest BCUT2D eigenvalue weighted by atomic mass is 19.1. The maximum Gasteiger partial charge on any atom is 0.324 e. The van der Waals surface area contributed by atoms with Crippen LogP contribution >= 0.6 is 0 Å². The smallest absolute Gasteiger partial charge is 0.324 e. The highest BCUT2D eigenvalue weighted by Gasteiger charge is 2.32. The number of hydrogen-bond acceptors (Lipinski definition) is 5. The maximum atomic E-state index is 12.8. The van der Waals surface area contributed by atoms with Crippen LogP contribution in [0.3, 0.4) is 0 Å². The fourth-order valence-corrected chi connectivity index (χ4v) is 2.81. The molecule has 2 aliphatic heterocycles. The molecule has 4 rings (SSSR count). The molecule has 0 unspecified atom stereocenters. The Hall–Kier alpha value is -2.71. The minimum absolute atomic E-state index is 0.000465. The van der Waals surface area contributed by atoms with Gasteiger partial charge in [-0.2, -0.15) is 5.10 Å². The lowest BCUT2D eigenvalue weighted by molar-refractivity contribution is 0.229. The number of hydrogen-bond donors (Lipinski definition) is 0. The van der Waals surface area contributed by atoms with Crippen molar-refractivity contribution in [2.24, 2.45) is 0 Å². The number of anilines is 2. The van der Waals surface area contributed by atoms with Crippen molar-refractivity contribution in [3.05, 3.63) is 30.6 Å². The van der Waals surface area contributed by atoms with Crippen LogP contribution < -0.4 is 9.80 Å². The number of carbonyl (C=O) groups is 1. The van der Waals surface area contributed by atoms with Gasteiger partial charge in [0.2, 0.25) is 5.95 Å². The number of carbonyl (C=O) groups excluding carboxylic acids is 1. The molecule has 23 heavy (non-hydrogen) atoms. The summed E-state index contributed by atoms with van der Waals surface area (Å²) in [6, 6.07) is 0.201. The number of aromatic nitrogens is 4. The molecule has 0 aliphatic carbocycles. The van der Waals surface area contributed by atoms with Gasteiger partial charge in [0.25, 0.3) is 0 Å². The molecule has 8 nitrogen and oxygen atoms in total. The first kappa shape index (κ1) is 13.9. The van der Waals surface area contributed by atoms with E-state index < -0.39 is 5.82 Å². The number of likely N-dealkylation sites (N-methyl/N-ethyl adjacent to an activating group) is 1. The zero-order chi connectivity index (χ0) is 16.0. The Morgan fingerprint density at radius 2 is 1.91 bits per heavy atom. The Morgan fingerprint density at radius 3 is 2.57 bits per heavy atom. The van der Waals surface area contributed by atoms with Crippen LogP contribution in [-0.4, -0.2) is 63.9 Å². The summed E-state index contributed by atoms with van der Waals surface area (Å²) in [5.74, 6) is 0.0779. The first-order valence-corrected chi connectivity index (χ1v) is 7.41. The van der Waals surface area contributed by atoms with E-state index in [0.717, 1.165) is 24.6 Å². The second-order valence-electron chi connectivity index (χ2n) is 5.79. The van der Waals surface area contributed by atoms with E-state index in [9.17, 15) is 9.18 Å². The van der Waals surface area contributed by atoms with Crippen LogP contribution in [0.1, 0.15) is 6.04 Å². The lowest BCUT2D eigenvalue weighted by Crippen LogP contribution is -2.48. The van der Waals surface area contributed by atoms with Crippen molar-refractivity contribution in [1.82, 2.24) is 24.6 Å². The average molecular weight is 317 g/mol. The molecule has 0 N–H and O–H groups in total. The van der Waals surface area contributed by atoms with Gasteiger partial charge in [0.05, 0.1) is 30.3 Å². The number of nitrogens with zero attached hydrogens (tertiary/aromatic N) is 7. The van der Waals surface area contributed by atoms with Gasteiger partial charge in [-0.1, -0.05) is 0 Å². The van der Waals surface area contributed by atoms with Crippen molar-refractivity contribution in [3.63, 3.8) is 0 Å². The molecule has 2 aromatic heterocycles. The van der Waals surface area contributed by atoms with Crippen LogP contribution in [0.4, 0.5) is 20.8 Å². The van der Waals surface area contributed by atoms with Crippen molar-refractivity contribution in [3.8, 4) is 0 Å². The molecule has 2 saturated heterocycles. The second kappa shape index (κ2) is 5.18. The summed E-state index contributed by atoms with van der Waals surface area (Å²) in [4.78, 5) is 25.3. The highest BCUT2D eigenvalue weighted by molar-refractivity contribution is 5.93. The van der Waals surface area contributed by atoms with Crippen LogP contribution in [0.5, 0.6) is 0 Å². The van der Waals surface area contributed by atoms with Crippen molar-refractivity contribution in [2.45, 2.75) is 6.04 Å². The van der Waals surface area contributed by atoms with Crippen LogP contribution in [-0.2, 0) is 0 Å². The highest BCUT2D eigenvalue weighted by Crippen LogP contribution is 2.27. The third-order valence-electron chi connectivity index (χ3n) is 4.24. The van der Waals surface area contributed by atoms with Gasteiger partial charge in [0.15, 0.2) is 5.82 Å². The summed E-state index contributed by atoms with van der Waals surface area (Å²) in [7, 11) is 1.79. The van der Waals surface area contributed by atoms with E-state index in [-0.39, 0.29) is 12.1 Å². The second-order valence-corrected chi connectivity index (χ2v) is 5.79. The predicted octanol–water partition coefficient (Wildman–Crippen LogP) is 0.745. The Bertz CT molecular complexity index is 725. The quantitative estimate of drug-likeness (QED) is 0.835. The van der Waals surface area contributed by atoms with Gasteiger partial charge >= 0.3 is 6.03 Å². The molecule has 0 atom stereocenters. The Morgan fingerprint density at radius 1 is 1.17 bits per heavy atom. The summed E-state index contributed by atoms with van der Waals surface area (Å²) in [6.07, 6.45) is 5.94. The molecular weight excluding hydrogens is 301 g/mol. The molecule has 0 bridgehead atoms. The molecule has 0 saturated carbocycles. The molecular formula is C14H16FN7O. The van der Waals surface area contributed by atoms with Crippen LogP contribution in [0.2, 0.25) is 0 Å². The molecule has 0 radical (unpaired) electrons. The minimum atomic E-state index is -0.442. The van der Waals surface area contributed by atoms with E-state index in [1.165, 1.54) is 0 Å². The maximum absolute atomic E-state index is 12.8. The lowest BCUT2D eigenvalue weighted by atomic mass is 10.1. The lowest BCUT2D eigenvalue weighted by Gasteiger charge is -2.39. The van der Waals surface area contributed by atoms with Crippen molar-refractivity contribution >= 4 is 17.7 Å². The Kier molecular flexibility index (Phi) is 3.14. The standard InChI is InChI=1S/C14H16FN7O/c1-19-2-3-21(14(19)23)11-6-18-22(9-11)12-7-20(8-12)13-16-4-10(15)5-17-13/h4-6,9,12H,2-3,7-8H2,1H3. The Balaban J connectivity index is 1.41. The molecule has 2 amide bonds. The van der Waals surface area contributed by atoms with Gasteiger partial charge in [-0.05, 0) is 0 Å². The molecule has 2 aliphatic rings. The summed E-state index contributed by atoms with van der Waals surface area (Å²) in [5, 5.41) is 4.36. The van der Waals surface area contributed by atoms with Gasteiger partial charge in [-0.3, -0.25) is 9.58 Å². The fourth-order valence-electron chi connectivity index (χ4n) is 2.81. The van der Waals surface area contributed by atoms with E-state index in [2.05, 4.69) is 15.1 Å². The predicted molar refractivity (Wildman–Crippen MR) is 80.8 cm³/mol. The van der Waals surface area contributed by atoms with Crippen LogP contribution in [0.15, 0.2) is 24.8 Å². The van der Waals surface area contributed by atoms with Gasteiger partial charge in [-0.25, -0.2) is 19.2 Å². The van der Waals surface area contributed by atoms with Gasteiger partial charge in [0, 0.05) is 39.4 Å². The largest absolute Gasteiger partial charge is 0.336 e. The third kappa shape index (κ3) is 2.37. The summed E-state index contributed by atoms with van der Waals surface area (Å²) >= 11 is 0. The molecule has 0 aromatic carbocycles. The Labute approximate surface area is 132 Å².